The number of allylic oxidation sites excluding steroid dienone is 1. The van der Waals surface area contributed by atoms with Crippen molar-refractivity contribution in [3.8, 4) is 0 Å². The van der Waals surface area contributed by atoms with E-state index in [4.69, 9.17) is 4.74 Å². The van der Waals surface area contributed by atoms with Crippen LogP contribution in [0.5, 0.6) is 0 Å². The molecule has 0 aromatic carbocycles. The maximum absolute atomic E-state index is 13.3. The van der Waals surface area contributed by atoms with Crippen LogP contribution in [0, 0.1) is 40.4 Å². The van der Waals surface area contributed by atoms with Gasteiger partial charge < -0.3 is 20.1 Å². The predicted molar refractivity (Wildman–Crippen MR) is 140 cm³/mol. The average molecular weight is 599 g/mol. The molecule has 0 spiro atoms. The van der Waals surface area contributed by atoms with E-state index in [0.29, 0.717) is 29.7 Å². The van der Waals surface area contributed by atoms with Gasteiger partial charge in [-0.1, -0.05) is 42.0 Å². The fraction of sp³-hybridized carbons (Fsp3) is 0.786. The van der Waals surface area contributed by atoms with Gasteiger partial charge in [-0.15, -0.1) is 0 Å². The molecule has 1 aliphatic heterocycles. The molecule has 5 aliphatic rings. The van der Waals surface area contributed by atoms with Crippen LogP contribution in [-0.4, -0.2) is 55.4 Å². The van der Waals surface area contributed by atoms with Gasteiger partial charge in [-0.25, -0.2) is 4.79 Å². The Morgan fingerprint density at radius 3 is 2.57 bits per heavy atom. The molecule has 7 heteroatoms. The largest absolute Gasteiger partial charge is 0.458 e. The molecule has 35 heavy (non-hydrogen) atoms. The predicted octanol–water partition coefficient (Wildman–Crippen LogP) is 3.75. The van der Waals surface area contributed by atoms with Crippen molar-refractivity contribution in [1.82, 2.24) is 0 Å². The maximum atomic E-state index is 13.3. The third kappa shape index (κ3) is 3.36. The van der Waals surface area contributed by atoms with E-state index in [1.165, 1.54) is 12.2 Å². The highest BCUT2D eigenvalue weighted by Crippen LogP contribution is 2.69. The van der Waals surface area contributed by atoms with Crippen LogP contribution in [0.15, 0.2) is 23.3 Å². The van der Waals surface area contributed by atoms with Crippen molar-refractivity contribution >= 4 is 34.3 Å². The van der Waals surface area contributed by atoms with Gasteiger partial charge in [0.15, 0.2) is 5.78 Å². The molecule has 11 atom stereocenters. The highest BCUT2D eigenvalue weighted by molar-refractivity contribution is 14.1. The monoisotopic (exact) mass is 598 g/mol. The van der Waals surface area contributed by atoms with Crippen LogP contribution in [0.1, 0.15) is 66.2 Å². The molecule has 3 N–H and O–H groups in total. The summed E-state index contributed by atoms with van der Waals surface area (Å²) in [6.07, 6.45) is 7.20. The van der Waals surface area contributed by atoms with E-state index in [-0.39, 0.29) is 45.6 Å². The molecule has 0 saturated heterocycles. The number of rotatable bonds is 3. The lowest BCUT2D eigenvalue weighted by Gasteiger charge is -2.64. The van der Waals surface area contributed by atoms with Crippen molar-refractivity contribution in [1.29, 1.82) is 0 Å². The van der Waals surface area contributed by atoms with Gasteiger partial charge in [0.1, 0.15) is 17.8 Å². The second kappa shape index (κ2) is 8.63. The van der Waals surface area contributed by atoms with Gasteiger partial charge in [-0.3, -0.25) is 4.79 Å². The minimum atomic E-state index is -1.44. The van der Waals surface area contributed by atoms with Gasteiger partial charge >= 0.3 is 5.97 Å². The summed E-state index contributed by atoms with van der Waals surface area (Å²) in [5.74, 6) is 0.971. The summed E-state index contributed by atoms with van der Waals surface area (Å²) in [5, 5.41) is 32.2. The van der Waals surface area contributed by atoms with E-state index >= 15 is 0 Å². The van der Waals surface area contributed by atoms with Gasteiger partial charge in [0.25, 0.3) is 0 Å². The second-order valence-electron chi connectivity index (χ2n) is 12.4. The highest BCUT2D eigenvalue weighted by Gasteiger charge is 2.71. The molecule has 3 saturated carbocycles. The zero-order valence-electron chi connectivity index (χ0n) is 21.2. The molecule has 0 unspecified atom stereocenters. The van der Waals surface area contributed by atoms with E-state index < -0.39 is 17.1 Å². The number of fused-ring (bicyclic) bond motifs is 5. The molecular weight excluding hydrogens is 559 g/mol. The highest BCUT2D eigenvalue weighted by atomic mass is 127. The van der Waals surface area contributed by atoms with E-state index in [2.05, 4.69) is 36.4 Å². The van der Waals surface area contributed by atoms with Crippen LogP contribution in [0.4, 0.5) is 0 Å². The summed E-state index contributed by atoms with van der Waals surface area (Å²) in [5.41, 5.74) is -1.02. The lowest BCUT2D eigenvalue weighted by Crippen LogP contribution is -2.72. The third-order valence-electron chi connectivity index (χ3n) is 11.3. The third-order valence-corrected chi connectivity index (χ3v) is 12.8. The number of ketones is 1. The molecule has 0 amide bonds. The Morgan fingerprint density at radius 1 is 1.20 bits per heavy atom. The van der Waals surface area contributed by atoms with Crippen molar-refractivity contribution < 1.29 is 29.6 Å². The SMILES string of the molecule is CC1=C(CO)C(=O)O[C@@H]([C@@H](C)[C@H]2CC[C@H]3[C@@H]4C[C@H](I)[C@]5(O)[C@@H](O)C=CC(=O)[C@]5(C)[C@H]4CC[C@]23C)C1. The summed E-state index contributed by atoms with van der Waals surface area (Å²) in [6, 6.07) is 0. The Kier molecular flexibility index (Phi) is 6.38. The number of hydrogen-bond donors (Lipinski definition) is 3. The first-order chi connectivity index (χ1) is 16.4. The number of aliphatic hydroxyl groups is 3. The molecule has 4 aliphatic carbocycles. The smallest absolute Gasteiger partial charge is 0.336 e. The minimum absolute atomic E-state index is 0.0440. The first kappa shape index (κ1) is 25.9. The summed E-state index contributed by atoms with van der Waals surface area (Å²) in [6.45, 7) is 8.16. The standard InChI is InChI=1S/C28H39IO6/c1-14-11-21(35-25(33)17(14)13-30)15(2)18-5-6-19-16-12-22(29)28(34)24(32)8-7-23(31)27(28,4)20(16)9-10-26(18,19)3/h7-8,15-16,18-22,24,30,32,34H,5-6,9-13H2,1-4H3/t15-,16-,18+,19-,20-,21+,22-,24-,26+,27-,28-/m0/s1. The number of carbonyl (C=O) groups excluding carboxylic acids is 2. The summed E-state index contributed by atoms with van der Waals surface area (Å²) < 4.78 is 5.63. The molecule has 6 nitrogen and oxygen atoms in total. The topological polar surface area (TPSA) is 104 Å². The first-order valence-electron chi connectivity index (χ1n) is 13.2. The number of hydrogen-bond acceptors (Lipinski definition) is 6. The molecule has 0 aromatic rings. The normalized spacial score (nSPS) is 50.3. The van der Waals surface area contributed by atoms with E-state index in [0.717, 1.165) is 37.7 Å². The fourth-order valence-electron chi connectivity index (χ4n) is 9.25. The molecule has 3 fully saturated rings. The Hall–Kier alpha value is -0.770. The number of carbonyl (C=O) groups is 2. The zero-order valence-corrected chi connectivity index (χ0v) is 23.3. The van der Waals surface area contributed by atoms with Gasteiger partial charge in [0.05, 0.1) is 17.6 Å². The van der Waals surface area contributed by atoms with Crippen molar-refractivity contribution in [3.05, 3.63) is 23.3 Å². The maximum Gasteiger partial charge on any atom is 0.336 e. The van der Waals surface area contributed by atoms with Gasteiger partial charge in [0, 0.05) is 10.3 Å². The van der Waals surface area contributed by atoms with Crippen molar-refractivity contribution in [2.24, 2.45) is 40.4 Å². The van der Waals surface area contributed by atoms with Crippen molar-refractivity contribution in [3.63, 3.8) is 0 Å². The van der Waals surface area contributed by atoms with Crippen molar-refractivity contribution in [2.75, 3.05) is 6.61 Å². The summed E-state index contributed by atoms with van der Waals surface area (Å²) in [7, 11) is 0. The Labute approximate surface area is 221 Å². The van der Waals surface area contributed by atoms with Crippen LogP contribution in [0.25, 0.3) is 0 Å². The Morgan fingerprint density at radius 2 is 1.91 bits per heavy atom. The fourth-order valence-corrected chi connectivity index (χ4v) is 10.9. The number of esters is 1. The molecule has 0 radical (unpaired) electrons. The van der Waals surface area contributed by atoms with E-state index in [1.54, 1.807) is 0 Å². The van der Waals surface area contributed by atoms with Crippen LogP contribution in [0.2, 0.25) is 0 Å². The molecule has 1 heterocycles. The molecule has 0 aromatic heterocycles. The number of aliphatic hydroxyl groups excluding tert-OH is 2. The Balaban J connectivity index is 1.43. The molecule has 194 valence electrons. The lowest BCUT2D eigenvalue weighted by atomic mass is 9.43. The van der Waals surface area contributed by atoms with Crippen LogP contribution < -0.4 is 0 Å². The molecule has 5 rings (SSSR count). The molecular formula is C28H39IO6. The first-order valence-corrected chi connectivity index (χ1v) is 14.4. The number of alkyl halides is 1. The minimum Gasteiger partial charge on any atom is -0.458 e. The zero-order chi connectivity index (χ0) is 25.5. The summed E-state index contributed by atoms with van der Waals surface area (Å²) >= 11 is 2.28. The van der Waals surface area contributed by atoms with E-state index in [1.807, 2.05) is 13.8 Å². The summed E-state index contributed by atoms with van der Waals surface area (Å²) in [4.78, 5) is 25.8. The number of halogens is 1. The van der Waals surface area contributed by atoms with Crippen molar-refractivity contribution in [2.45, 2.75) is 88.0 Å². The van der Waals surface area contributed by atoms with Gasteiger partial charge in [-0.2, -0.15) is 0 Å². The second-order valence-corrected chi connectivity index (χ2v) is 13.9. The Bertz CT molecular complexity index is 990. The van der Waals surface area contributed by atoms with E-state index in [9.17, 15) is 24.9 Å². The number of ether oxygens (including phenoxy) is 1. The van der Waals surface area contributed by atoms with Gasteiger partial charge in [-0.05, 0) is 93.1 Å². The lowest BCUT2D eigenvalue weighted by molar-refractivity contribution is -0.211. The number of cyclic esters (lactones) is 1. The van der Waals surface area contributed by atoms with Gasteiger partial charge in [0.2, 0.25) is 0 Å². The quantitative estimate of drug-likeness (QED) is 0.260. The van der Waals surface area contributed by atoms with Crippen LogP contribution >= 0.6 is 22.6 Å². The molecule has 0 bridgehead atoms. The average Bonchev–Trinajstić information content (AvgIpc) is 3.16. The van der Waals surface area contributed by atoms with Crippen LogP contribution in [-0.2, 0) is 14.3 Å². The van der Waals surface area contributed by atoms with Crippen LogP contribution in [0.3, 0.4) is 0 Å².